The minimum atomic E-state index is 0.00737. The lowest BCUT2D eigenvalue weighted by molar-refractivity contribution is 0.398. The number of aromatic nitrogens is 1. The Bertz CT molecular complexity index is 633. The Morgan fingerprint density at radius 3 is 2.50 bits per heavy atom. The SMILES string of the molecule is COc1cc2nc(C#N)ccc2cc1C(C)(C)C. The average molecular weight is 240 g/mol. The predicted molar refractivity (Wildman–Crippen MR) is 71.7 cm³/mol. The maximum atomic E-state index is 8.86. The van der Waals surface area contributed by atoms with Crippen molar-refractivity contribution >= 4 is 10.9 Å². The van der Waals surface area contributed by atoms with Gasteiger partial charge >= 0.3 is 0 Å². The molecule has 2 rings (SSSR count). The first-order valence-electron chi connectivity index (χ1n) is 5.85. The highest BCUT2D eigenvalue weighted by atomic mass is 16.5. The zero-order chi connectivity index (χ0) is 13.3. The van der Waals surface area contributed by atoms with Gasteiger partial charge in [-0.2, -0.15) is 5.26 Å². The van der Waals surface area contributed by atoms with Gasteiger partial charge in [0.15, 0.2) is 0 Å². The van der Waals surface area contributed by atoms with Crippen molar-refractivity contribution in [2.24, 2.45) is 0 Å². The highest BCUT2D eigenvalue weighted by molar-refractivity contribution is 5.82. The van der Waals surface area contributed by atoms with Gasteiger partial charge in [0, 0.05) is 17.0 Å². The monoisotopic (exact) mass is 240 g/mol. The van der Waals surface area contributed by atoms with Crippen molar-refractivity contribution in [2.75, 3.05) is 7.11 Å². The van der Waals surface area contributed by atoms with Gasteiger partial charge in [-0.05, 0) is 23.6 Å². The number of methoxy groups -OCH3 is 1. The van der Waals surface area contributed by atoms with E-state index in [2.05, 4.69) is 31.8 Å². The van der Waals surface area contributed by atoms with E-state index in [4.69, 9.17) is 10.00 Å². The molecular formula is C15H16N2O. The lowest BCUT2D eigenvalue weighted by Gasteiger charge is -2.22. The van der Waals surface area contributed by atoms with Crippen LogP contribution in [0.1, 0.15) is 32.0 Å². The van der Waals surface area contributed by atoms with Crippen molar-refractivity contribution in [2.45, 2.75) is 26.2 Å². The molecule has 1 aromatic heterocycles. The highest BCUT2D eigenvalue weighted by Gasteiger charge is 2.19. The van der Waals surface area contributed by atoms with Crippen molar-refractivity contribution in [3.63, 3.8) is 0 Å². The fourth-order valence-corrected chi connectivity index (χ4v) is 1.97. The largest absolute Gasteiger partial charge is 0.496 e. The first-order valence-corrected chi connectivity index (χ1v) is 5.85. The fraction of sp³-hybridized carbons (Fsp3) is 0.333. The zero-order valence-corrected chi connectivity index (χ0v) is 11.1. The van der Waals surface area contributed by atoms with Crippen LogP contribution in [0.4, 0.5) is 0 Å². The average Bonchev–Trinajstić information content (AvgIpc) is 2.35. The number of fused-ring (bicyclic) bond motifs is 1. The number of nitriles is 1. The lowest BCUT2D eigenvalue weighted by Crippen LogP contribution is -2.12. The van der Waals surface area contributed by atoms with Crippen LogP contribution in [0.3, 0.4) is 0 Å². The standard InChI is InChI=1S/C15H16N2O/c1-15(2,3)12-7-10-5-6-11(9-16)17-13(10)8-14(12)18-4/h5-8H,1-4H3. The quantitative estimate of drug-likeness (QED) is 0.767. The van der Waals surface area contributed by atoms with E-state index in [1.807, 2.05) is 18.2 Å². The van der Waals surface area contributed by atoms with Gasteiger partial charge in [0.1, 0.15) is 17.5 Å². The normalized spacial score (nSPS) is 11.3. The molecule has 3 nitrogen and oxygen atoms in total. The third-order valence-electron chi connectivity index (χ3n) is 2.93. The van der Waals surface area contributed by atoms with Crippen LogP contribution in [0, 0.1) is 11.3 Å². The smallest absolute Gasteiger partial charge is 0.141 e. The molecule has 2 aromatic rings. The summed E-state index contributed by atoms with van der Waals surface area (Å²) in [7, 11) is 1.66. The van der Waals surface area contributed by atoms with Crippen LogP contribution in [0.15, 0.2) is 24.3 Å². The van der Waals surface area contributed by atoms with Crippen LogP contribution in [0.25, 0.3) is 10.9 Å². The molecule has 0 spiro atoms. The summed E-state index contributed by atoms with van der Waals surface area (Å²) in [5, 5.41) is 9.89. The second-order valence-electron chi connectivity index (χ2n) is 5.30. The predicted octanol–water partition coefficient (Wildman–Crippen LogP) is 3.41. The van der Waals surface area contributed by atoms with E-state index in [1.165, 1.54) is 0 Å². The molecule has 0 saturated heterocycles. The molecule has 0 aliphatic heterocycles. The first kappa shape index (κ1) is 12.4. The highest BCUT2D eigenvalue weighted by Crippen LogP contribution is 2.34. The Balaban J connectivity index is 2.73. The Kier molecular flexibility index (Phi) is 2.96. The van der Waals surface area contributed by atoms with E-state index < -0.39 is 0 Å². The van der Waals surface area contributed by atoms with Gasteiger partial charge in [-0.1, -0.05) is 20.8 Å². The van der Waals surface area contributed by atoms with Gasteiger partial charge in [-0.3, -0.25) is 0 Å². The van der Waals surface area contributed by atoms with E-state index in [9.17, 15) is 0 Å². The fourth-order valence-electron chi connectivity index (χ4n) is 1.97. The zero-order valence-electron chi connectivity index (χ0n) is 11.1. The second-order valence-corrected chi connectivity index (χ2v) is 5.30. The van der Waals surface area contributed by atoms with Crippen molar-refractivity contribution in [1.82, 2.24) is 4.98 Å². The van der Waals surface area contributed by atoms with E-state index in [0.717, 1.165) is 22.2 Å². The van der Waals surface area contributed by atoms with E-state index in [1.54, 1.807) is 13.2 Å². The summed E-state index contributed by atoms with van der Waals surface area (Å²) in [6, 6.07) is 9.70. The van der Waals surface area contributed by atoms with Crippen LogP contribution in [0.5, 0.6) is 5.75 Å². The van der Waals surface area contributed by atoms with Gasteiger partial charge in [0.2, 0.25) is 0 Å². The number of benzene rings is 1. The number of hydrogen-bond acceptors (Lipinski definition) is 3. The lowest BCUT2D eigenvalue weighted by atomic mass is 9.85. The molecule has 0 aliphatic rings. The van der Waals surface area contributed by atoms with Crippen LogP contribution in [-0.4, -0.2) is 12.1 Å². The van der Waals surface area contributed by atoms with Gasteiger partial charge < -0.3 is 4.74 Å². The Morgan fingerprint density at radius 1 is 1.22 bits per heavy atom. The third-order valence-corrected chi connectivity index (χ3v) is 2.93. The Labute approximate surface area is 107 Å². The summed E-state index contributed by atoms with van der Waals surface area (Å²) in [6.07, 6.45) is 0. The molecule has 0 amide bonds. The molecule has 0 atom stereocenters. The van der Waals surface area contributed by atoms with Crippen LogP contribution < -0.4 is 4.74 Å². The Hall–Kier alpha value is -2.08. The van der Waals surface area contributed by atoms with Gasteiger partial charge in [0.25, 0.3) is 0 Å². The molecule has 92 valence electrons. The summed E-state index contributed by atoms with van der Waals surface area (Å²) in [4.78, 5) is 4.28. The van der Waals surface area contributed by atoms with Gasteiger partial charge in [0.05, 0.1) is 12.6 Å². The number of hydrogen-bond donors (Lipinski definition) is 0. The second kappa shape index (κ2) is 4.30. The Morgan fingerprint density at radius 2 is 1.94 bits per heavy atom. The molecule has 1 aromatic carbocycles. The van der Waals surface area contributed by atoms with Gasteiger partial charge in [-0.15, -0.1) is 0 Å². The van der Waals surface area contributed by atoms with Crippen molar-refractivity contribution in [3.05, 3.63) is 35.5 Å². The summed E-state index contributed by atoms with van der Waals surface area (Å²) < 4.78 is 5.43. The van der Waals surface area contributed by atoms with Crippen LogP contribution in [-0.2, 0) is 5.41 Å². The molecule has 0 bridgehead atoms. The summed E-state index contributed by atoms with van der Waals surface area (Å²) in [5.74, 6) is 0.817. The molecule has 0 fully saturated rings. The molecule has 0 radical (unpaired) electrons. The number of nitrogens with zero attached hydrogens (tertiary/aromatic N) is 2. The maximum absolute atomic E-state index is 8.86. The summed E-state index contributed by atoms with van der Waals surface area (Å²) in [6.45, 7) is 6.44. The number of rotatable bonds is 1. The summed E-state index contributed by atoms with van der Waals surface area (Å²) >= 11 is 0. The molecule has 1 heterocycles. The van der Waals surface area contributed by atoms with E-state index in [0.29, 0.717) is 5.69 Å². The van der Waals surface area contributed by atoms with E-state index in [-0.39, 0.29) is 5.41 Å². The molecule has 0 unspecified atom stereocenters. The topological polar surface area (TPSA) is 45.9 Å². The minimum absolute atomic E-state index is 0.00737. The van der Waals surface area contributed by atoms with Crippen molar-refractivity contribution in [3.8, 4) is 11.8 Å². The number of ether oxygens (including phenoxy) is 1. The summed E-state index contributed by atoms with van der Waals surface area (Å²) in [5.41, 5.74) is 2.36. The molecule has 0 N–H and O–H groups in total. The maximum Gasteiger partial charge on any atom is 0.141 e. The molecule has 18 heavy (non-hydrogen) atoms. The van der Waals surface area contributed by atoms with Crippen LogP contribution in [0.2, 0.25) is 0 Å². The first-order chi connectivity index (χ1) is 8.45. The van der Waals surface area contributed by atoms with Crippen molar-refractivity contribution in [1.29, 1.82) is 5.26 Å². The van der Waals surface area contributed by atoms with Gasteiger partial charge in [-0.25, -0.2) is 4.98 Å². The molecule has 3 heteroatoms. The molecule has 0 saturated carbocycles. The number of pyridine rings is 1. The van der Waals surface area contributed by atoms with Crippen molar-refractivity contribution < 1.29 is 4.74 Å². The molecule has 0 aliphatic carbocycles. The third kappa shape index (κ3) is 2.14. The minimum Gasteiger partial charge on any atom is -0.496 e. The van der Waals surface area contributed by atoms with Crippen LogP contribution >= 0.6 is 0 Å². The molecular weight excluding hydrogens is 224 g/mol. The van der Waals surface area contributed by atoms with E-state index >= 15 is 0 Å².